The Kier molecular flexibility index (Phi) is 14.9. The molecule has 2 aromatic carbocycles. The topological polar surface area (TPSA) is 24.7 Å². The van der Waals surface area contributed by atoms with Crippen LogP contribution in [0.3, 0.4) is 0 Å². The van der Waals surface area contributed by atoms with Gasteiger partial charge in [0, 0.05) is 0 Å². The van der Waals surface area contributed by atoms with Crippen molar-refractivity contribution in [1.29, 1.82) is 0 Å². The van der Waals surface area contributed by atoms with Gasteiger partial charge in [-0.15, -0.1) is 0 Å². The van der Waals surface area contributed by atoms with Crippen LogP contribution in [-0.4, -0.2) is 11.4 Å². The Hall–Kier alpha value is -1.73. The Morgan fingerprint density at radius 1 is 0.576 bits per heavy atom. The molecule has 0 amide bonds. The molecule has 0 aromatic heterocycles. The van der Waals surface area contributed by atoms with E-state index in [-0.39, 0.29) is 0 Å². The molecule has 0 aliphatic heterocycles. The molecule has 3 heteroatoms. The average molecular weight is 493 g/mol. The minimum atomic E-state index is 1.02. The van der Waals surface area contributed by atoms with Crippen LogP contribution < -0.4 is 0 Å². The predicted octanol–water partition coefficient (Wildman–Crippen LogP) is 9.55. The maximum atomic E-state index is 5.13. The number of aliphatic imine (C=N–C) groups is 2. The van der Waals surface area contributed by atoms with Crippen molar-refractivity contribution in [2.75, 3.05) is 0 Å². The van der Waals surface area contributed by atoms with Crippen molar-refractivity contribution in [2.24, 2.45) is 9.98 Å². The second-order valence-electron chi connectivity index (χ2n) is 8.56. The van der Waals surface area contributed by atoms with Gasteiger partial charge in [-0.25, -0.2) is 0 Å². The Balaban J connectivity index is 0.00000172. The van der Waals surface area contributed by atoms with E-state index in [4.69, 9.17) is 9.98 Å². The van der Waals surface area contributed by atoms with Gasteiger partial charge in [0.25, 0.3) is 0 Å². The number of aryl methyl sites for hydroxylation is 4. The third kappa shape index (κ3) is 9.58. The first kappa shape index (κ1) is 29.3. The van der Waals surface area contributed by atoms with Gasteiger partial charge in [-0.3, -0.25) is 9.98 Å². The summed E-state index contributed by atoms with van der Waals surface area (Å²) in [5.41, 5.74) is 9.80. The summed E-state index contributed by atoms with van der Waals surface area (Å²) in [5.74, 6) is 4.12. The molecule has 0 unspecified atom stereocenters. The molecule has 0 bridgehead atoms. The van der Waals surface area contributed by atoms with Crippen molar-refractivity contribution in [3.05, 3.63) is 58.7 Å². The summed E-state index contributed by atoms with van der Waals surface area (Å²) in [6.07, 6.45) is 8.81. The summed E-state index contributed by atoms with van der Waals surface area (Å²) < 4.78 is 0. The van der Waals surface area contributed by atoms with Crippen molar-refractivity contribution in [3.63, 3.8) is 0 Å². The van der Waals surface area contributed by atoms with E-state index in [1.54, 1.807) is 14.4 Å². The first-order valence-corrected chi connectivity index (χ1v) is 14.5. The first-order valence-electron chi connectivity index (χ1n) is 12.5. The van der Waals surface area contributed by atoms with E-state index in [1.807, 2.05) is 0 Å². The quantitative estimate of drug-likeness (QED) is 0.220. The zero-order valence-electron chi connectivity index (χ0n) is 22.3. The summed E-state index contributed by atoms with van der Waals surface area (Å²) in [6, 6.07) is 13.3. The monoisotopic (exact) mass is 492 g/mol. The molecule has 186 valence electrons. The van der Waals surface area contributed by atoms with Crippen LogP contribution in [0.5, 0.6) is 0 Å². The summed E-state index contributed by atoms with van der Waals surface area (Å²) in [7, 11) is 0. The van der Waals surface area contributed by atoms with Crippen LogP contribution in [-0.2, 0) is 40.1 Å². The van der Waals surface area contributed by atoms with E-state index in [9.17, 15) is 0 Å². The number of nitrogens with zero attached hydrogens (tertiary/aromatic N) is 2. The van der Waals surface area contributed by atoms with Gasteiger partial charge < -0.3 is 0 Å². The number of hydrogen-bond acceptors (Lipinski definition) is 2. The van der Waals surface area contributed by atoms with Gasteiger partial charge in [-0.05, 0) is 61.8 Å². The van der Waals surface area contributed by atoms with Crippen molar-refractivity contribution < 1.29 is 14.4 Å². The molecule has 0 heterocycles. The van der Waals surface area contributed by atoms with Gasteiger partial charge >= 0.3 is 26.2 Å². The number of benzene rings is 2. The first-order chi connectivity index (χ1) is 16.0. The molecule has 0 saturated heterocycles. The van der Waals surface area contributed by atoms with E-state index in [0.717, 1.165) is 62.8 Å². The van der Waals surface area contributed by atoms with Crippen LogP contribution >= 0.6 is 0 Å². The van der Waals surface area contributed by atoms with Crippen LogP contribution in [0.25, 0.3) is 0 Å². The molecule has 2 aromatic rings. The zero-order chi connectivity index (χ0) is 24.6. The van der Waals surface area contributed by atoms with E-state index in [1.165, 1.54) is 33.6 Å². The van der Waals surface area contributed by atoms with Gasteiger partial charge in [0.05, 0.1) is 22.8 Å². The maximum absolute atomic E-state index is 5.13. The van der Waals surface area contributed by atoms with Gasteiger partial charge in [0.15, 0.2) is 0 Å². The van der Waals surface area contributed by atoms with E-state index >= 15 is 0 Å². The molecule has 2 nitrogen and oxygen atoms in total. The number of hydrogen-bond donors (Lipinski definition) is 0. The van der Waals surface area contributed by atoms with Gasteiger partial charge in [0.2, 0.25) is 0 Å². The summed E-state index contributed by atoms with van der Waals surface area (Å²) in [6.45, 7) is 13.2. The van der Waals surface area contributed by atoms with E-state index in [2.05, 4.69) is 89.7 Å². The molecular weight excluding hydrogens is 447 g/mol. The molecule has 33 heavy (non-hydrogen) atoms. The minimum absolute atomic E-state index is 1.02. The molecular formula is C30H46N2Ni. The standard InChI is InChI=1S/C28H40N2.2CH3.Ni/c1-7-13-23-17-11-18-24(14-8-2)27(23)29-21(5)22(6)30-28-25(15-9-3)19-12-20-26(28)16-10-4;;;/h11-12,17-20H,7-10,13-16H2,1-6H3;2*1H3;. The Morgan fingerprint density at radius 3 is 1.03 bits per heavy atom. The molecule has 0 spiro atoms. The summed E-state index contributed by atoms with van der Waals surface area (Å²) in [4.78, 5) is 10.3. The van der Waals surface area contributed by atoms with Gasteiger partial charge in [0.1, 0.15) is 0 Å². The summed E-state index contributed by atoms with van der Waals surface area (Å²) in [5, 5.41) is 0. The fourth-order valence-corrected chi connectivity index (χ4v) is 3.96. The van der Waals surface area contributed by atoms with E-state index in [0.29, 0.717) is 0 Å². The van der Waals surface area contributed by atoms with Crippen LogP contribution in [0.1, 0.15) is 89.5 Å². The van der Waals surface area contributed by atoms with Crippen molar-refractivity contribution >= 4 is 22.8 Å². The summed E-state index contributed by atoms with van der Waals surface area (Å²) >= 11 is 1.62. The molecule has 0 atom stereocenters. The molecule has 0 N–H and O–H groups in total. The SMILES string of the molecule is CCCc1cccc(CCC)c1N=C(C)C(C)=Nc1c(CCC)cccc1CCC.[CH3][Ni][CH3]. The average Bonchev–Trinajstić information content (AvgIpc) is 2.79. The Bertz CT molecular complexity index is 774. The van der Waals surface area contributed by atoms with Crippen molar-refractivity contribution in [3.8, 4) is 0 Å². The molecule has 0 aliphatic rings. The predicted molar refractivity (Wildman–Crippen MR) is 146 cm³/mol. The normalized spacial score (nSPS) is 12.0. The Labute approximate surface area is 210 Å². The van der Waals surface area contributed by atoms with Gasteiger partial charge in [-0.1, -0.05) is 89.8 Å². The fourth-order valence-electron chi connectivity index (χ4n) is 3.96. The third-order valence-electron chi connectivity index (χ3n) is 5.57. The van der Waals surface area contributed by atoms with Crippen molar-refractivity contribution in [1.82, 2.24) is 0 Å². The number of rotatable bonds is 11. The molecule has 2 rings (SSSR count). The number of para-hydroxylation sites is 2. The van der Waals surface area contributed by atoms with Crippen LogP contribution in [0, 0.1) is 0 Å². The Morgan fingerprint density at radius 2 is 0.818 bits per heavy atom. The second-order valence-corrected chi connectivity index (χ2v) is 9.55. The molecule has 0 aliphatic carbocycles. The molecule has 0 fully saturated rings. The molecule has 0 saturated carbocycles. The molecule has 0 radical (unpaired) electrons. The van der Waals surface area contributed by atoms with Crippen LogP contribution in [0.2, 0.25) is 11.8 Å². The van der Waals surface area contributed by atoms with Crippen molar-refractivity contribution in [2.45, 2.75) is 105 Å². The van der Waals surface area contributed by atoms with E-state index < -0.39 is 0 Å². The van der Waals surface area contributed by atoms with Gasteiger partial charge in [-0.2, -0.15) is 0 Å². The fraction of sp³-hybridized carbons (Fsp3) is 0.533. The van der Waals surface area contributed by atoms with Crippen LogP contribution in [0.15, 0.2) is 46.4 Å². The zero-order valence-corrected chi connectivity index (χ0v) is 23.3. The third-order valence-corrected chi connectivity index (χ3v) is 5.57. The van der Waals surface area contributed by atoms with Crippen LogP contribution in [0.4, 0.5) is 11.4 Å². The second kappa shape index (κ2) is 16.8.